The zero-order chi connectivity index (χ0) is 21.5. The molecule has 0 saturated heterocycles. The number of nitrogens with zero attached hydrogens (tertiary/aromatic N) is 3. The summed E-state index contributed by atoms with van der Waals surface area (Å²) in [6, 6.07) is 28.4. The van der Waals surface area contributed by atoms with Gasteiger partial charge < -0.3 is 14.8 Å². The smallest absolute Gasteiger partial charge is 0.230 e. The molecule has 4 rings (SSSR count). The minimum atomic E-state index is 0.402. The minimum absolute atomic E-state index is 0.402. The number of anilines is 2. The van der Waals surface area contributed by atoms with Crippen LogP contribution in [0.15, 0.2) is 84.9 Å². The highest BCUT2D eigenvalue weighted by molar-refractivity contribution is 5.55. The lowest BCUT2D eigenvalue weighted by Gasteiger charge is -2.13. The van der Waals surface area contributed by atoms with E-state index in [1.165, 1.54) is 0 Å². The average molecular weight is 408 g/mol. The molecule has 0 fully saturated rings. The van der Waals surface area contributed by atoms with Gasteiger partial charge in [-0.2, -0.15) is 10.2 Å². The van der Waals surface area contributed by atoms with Gasteiger partial charge in [-0.15, -0.1) is 0 Å². The van der Waals surface area contributed by atoms with Gasteiger partial charge >= 0.3 is 0 Å². The van der Waals surface area contributed by atoms with Crippen molar-refractivity contribution in [1.29, 1.82) is 5.26 Å². The van der Waals surface area contributed by atoms with Crippen LogP contribution in [0.5, 0.6) is 17.4 Å². The second-order valence-electron chi connectivity index (χ2n) is 6.81. The summed E-state index contributed by atoms with van der Waals surface area (Å²) in [5, 5.41) is 12.1. The molecule has 3 aromatic carbocycles. The highest BCUT2D eigenvalue weighted by Gasteiger charge is 2.10. The number of nitriles is 1. The number of nitrogens with one attached hydrogen (secondary N) is 1. The lowest BCUT2D eigenvalue weighted by atomic mass is 10.2. The van der Waals surface area contributed by atoms with Crippen LogP contribution in [0.4, 0.5) is 11.6 Å². The summed E-state index contributed by atoms with van der Waals surface area (Å²) in [5.74, 6) is 2.01. The van der Waals surface area contributed by atoms with Crippen LogP contribution in [0.3, 0.4) is 0 Å². The third-order valence-electron chi connectivity index (χ3n) is 4.40. The summed E-state index contributed by atoms with van der Waals surface area (Å²) < 4.78 is 12.0. The van der Waals surface area contributed by atoms with Crippen LogP contribution < -0.4 is 14.8 Å². The number of rotatable bonds is 7. The van der Waals surface area contributed by atoms with Gasteiger partial charge in [-0.05, 0) is 48.9 Å². The Morgan fingerprint density at radius 1 is 0.871 bits per heavy atom. The molecule has 0 aliphatic carbocycles. The quantitative estimate of drug-likeness (QED) is 0.418. The second kappa shape index (κ2) is 9.42. The molecule has 6 heteroatoms. The van der Waals surface area contributed by atoms with E-state index in [2.05, 4.69) is 21.4 Å². The molecule has 0 unspecified atom stereocenters. The number of para-hydroxylation sites is 2. The predicted octanol–water partition coefficient (Wildman–Crippen LogP) is 5.77. The van der Waals surface area contributed by atoms with Crippen LogP contribution in [0, 0.1) is 18.3 Å². The summed E-state index contributed by atoms with van der Waals surface area (Å²) >= 11 is 0. The van der Waals surface area contributed by atoms with Crippen LogP contribution in [-0.4, -0.2) is 9.97 Å². The van der Waals surface area contributed by atoms with Crippen molar-refractivity contribution in [2.75, 3.05) is 5.32 Å². The summed E-state index contributed by atoms with van der Waals surface area (Å²) in [5.41, 5.74) is 3.20. The molecule has 1 heterocycles. The molecule has 152 valence electrons. The Morgan fingerprint density at radius 2 is 1.58 bits per heavy atom. The normalized spacial score (nSPS) is 10.2. The molecule has 0 spiro atoms. The fourth-order valence-corrected chi connectivity index (χ4v) is 2.91. The Morgan fingerprint density at radius 3 is 2.32 bits per heavy atom. The Kier molecular flexibility index (Phi) is 6.05. The molecule has 6 nitrogen and oxygen atoms in total. The maximum absolute atomic E-state index is 8.93. The highest BCUT2D eigenvalue weighted by atomic mass is 16.5. The number of benzene rings is 3. The number of hydrogen-bond acceptors (Lipinski definition) is 6. The maximum atomic E-state index is 8.93. The zero-order valence-corrected chi connectivity index (χ0v) is 16.9. The highest BCUT2D eigenvalue weighted by Crippen LogP contribution is 2.31. The number of aryl methyl sites for hydroxylation is 1. The van der Waals surface area contributed by atoms with Gasteiger partial charge in [0.05, 0.1) is 11.6 Å². The molecule has 1 aromatic heterocycles. The van der Waals surface area contributed by atoms with Crippen LogP contribution in [0.25, 0.3) is 0 Å². The first-order valence-corrected chi connectivity index (χ1v) is 9.76. The zero-order valence-electron chi connectivity index (χ0n) is 16.9. The van der Waals surface area contributed by atoms with E-state index in [0.29, 0.717) is 35.5 Å². The second-order valence-corrected chi connectivity index (χ2v) is 6.81. The third kappa shape index (κ3) is 5.37. The molecule has 0 aliphatic heterocycles. The fourth-order valence-electron chi connectivity index (χ4n) is 2.91. The first-order chi connectivity index (χ1) is 15.2. The van der Waals surface area contributed by atoms with Crippen LogP contribution >= 0.6 is 0 Å². The minimum Gasteiger partial charge on any atom is -0.485 e. The lowest BCUT2D eigenvalue weighted by Crippen LogP contribution is -2.01. The van der Waals surface area contributed by atoms with Gasteiger partial charge in [0.15, 0.2) is 11.5 Å². The lowest BCUT2D eigenvalue weighted by molar-refractivity contribution is 0.290. The van der Waals surface area contributed by atoms with Gasteiger partial charge in [-0.25, -0.2) is 4.98 Å². The maximum Gasteiger partial charge on any atom is 0.230 e. The number of hydrogen-bond donors (Lipinski definition) is 1. The van der Waals surface area contributed by atoms with E-state index in [9.17, 15) is 0 Å². The van der Waals surface area contributed by atoms with E-state index < -0.39 is 0 Å². The van der Waals surface area contributed by atoms with Crippen molar-refractivity contribution < 1.29 is 9.47 Å². The van der Waals surface area contributed by atoms with Crippen LogP contribution in [0.1, 0.15) is 16.8 Å². The molecular weight excluding hydrogens is 388 g/mol. The monoisotopic (exact) mass is 408 g/mol. The van der Waals surface area contributed by atoms with Crippen molar-refractivity contribution in [3.05, 3.63) is 102 Å². The molecule has 0 aliphatic rings. The number of aromatic nitrogens is 2. The van der Waals surface area contributed by atoms with E-state index in [1.54, 1.807) is 30.3 Å². The Hall–Kier alpha value is -4.37. The molecule has 0 atom stereocenters. The van der Waals surface area contributed by atoms with Gasteiger partial charge in [-0.1, -0.05) is 42.5 Å². The van der Waals surface area contributed by atoms with E-state index in [0.717, 1.165) is 16.9 Å². The largest absolute Gasteiger partial charge is 0.485 e. The average Bonchev–Trinajstić information content (AvgIpc) is 2.79. The van der Waals surface area contributed by atoms with Gasteiger partial charge in [0.1, 0.15) is 6.61 Å². The molecular formula is C25H20N4O2. The Bertz CT molecular complexity index is 1200. The van der Waals surface area contributed by atoms with Crippen molar-refractivity contribution in [1.82, 2.24) is 9.97 Å². The summed E-state index contributed by atoms with van der Waals surface area (Å²) in [6.07, 6.45) is 0. The predicted molar refractivity (Wildman–Crippen MR) is 118 cm³/mol. The van der Waals surface area contributed by atoms with E-state index >= 15 is 0 Å². The van der Waals surface area contributed by atoms with E-state index in [4.69, 9.17) is 14.7 Å². The molecule has 1 N–H and O–H groups in total. The van der Waals surface area contributed by atoms with Crippen molar-refractivity contribution in [3.63, 3.8) is 0 Å². The molecule has 0 amide bonds. The van der Waals surface area contributed by atoms with E-state index in [-0.39, 0.29) is 0 Å². The van der Waals surface area contributed by atoms with Crippen molar-refractivity contribution in [2.45, 2.75) is 13.5 Å². The first kappa shape index (κ1) is 19.9. The van der Waals surface area contributed by atoms with Gasteiger partial charge in [0.25, 0.3) is 0 Å². The molecule has 0 radical (unpaired) electrons. The topological polar surface area (TPSA) is 80.1 Å². The van der Waals surface area contributed by atoms with Crippen molar-refractivity contribution in [3.8, 4) is 23.4 Å². The van der Waals surface area contributed by atoms with Crippen LogP contribution in [0.2, 0.25) is 0 Å². The number of ether oxygens (including phenoxy) is 2. The fraction of sp³-hybridized carbons (Fsp3) is 0.0800. The van der Waals surface area contributed by atoms with Gasteiger partial charge in [0.2, 0.25) is 11.8 Å². The van der Waals surface area contributed by atoms with Crippen LogP contribution in [-0.2, 0) is 6.61 Å². The Balaban J connectivity index is 1.51. The van der Waals surface area contributed by atoms with E-state index in [1.807, 2.05) is 61.5 Å². The standard InChI is InChI=1S/C25H20N4O2/c1-18-15-24(29-25(27-18)28-21-13-11-19(16-26)12-14-21)31-23-10-6-5-9-22(23)30-17-20-7-3-2-4-8-20/h2-15H,17H2,1H3,(H,27,28,29). The Labute approximate surface area is 180 Å². The molecule has 0 saturated carbocycles. The molecule has 4 aromatic rings. The van der Waals surface area contributed by atoms with Crippen molar-refractivity contribution >= 4 is 11.6 Å². The van der Waals surface area contributed by atoms with Gasteiger partial charge in [0, 0.05) is 17.4 Å². The van der Waals surface area contributed by atoms with Crippen molar-refractivity contribution in [2.24, 2.45) is 0 Å². The molecule has 0 bridgehead atoms. The third-order valence-corrected chi connectivity index (χ3v) is 4.40. The summed E-state index contributed by atoms with van der Waals surface area (Å²) in [4.78, 5) is 8.87. The molecule has 31 heavy (non-hydrogen) atoms. The summed E-state index contributed by atoms with van der Waals surface area (Å²) in [7, 11) is 0. The first-order valence-electron chi connectivity index (χ1n) is 9.76. The van der Waals surface area contributed by atoms with Gasteiger partial charge in [-0.3, -0.25) is 0 Å². The summed E-state index contributed by atoms with van der Waals surface area (Å²) in [6.45, 7) is 2.31. The SMILES string of the molecule is Cc1cc(Oc2ccccc2OCc2ccccc2)nc(Nc2ccc(C#N)cc2)n1.